The smallest absolute Gasteiger partial charge is 0.135 e. The van der Waals surface area contributed by atoms with Crippen molar-refractivity contribution in [2.75, 3.05) is 19.0 Å². The summed E-state index contributed by atoms with van der Waals surface area (Å²) in [5.41, 5.74) is 13.3. The quantitative estimate of drug-likeness (QED) is 0.160. The van der Waals surface area contributed by atoms with E-state index in [-0.39, 0.29) is 0 Å². The Morgan fingerprint density at radius 3 is 2.62 bits per heavy atom. The lowest BCUT2D eigenvalue weighted by atomic mass is 9.90. The number of para-hydroxylation sites is 1. The van der Waals surface area contributed by atoms with Gasteiger partial charge in [-0.05, 0) is 87.0 Å². The highest BCUT2D eigenvalue weighted by molar-refractivity contribution is 6.33. The summed E-state index contributed by atoms with van der Waals surface area (Å²) < 4.78 is 7.33. The van der Waals surface area contributed by atoms with Crippen LogP contribution >= 0.6 is 11.6 Å². The number of ether oxygens (including phenoxy) is 1. The van der Waals surface area contributed by atoms with E-state index in [0.717, 1.165) is 77.9 Å². The van der Waals surface area contributed by atoms with Crippen molar-refractivity contribution in [2.45, 2.75) is 58.0 Å². The molecule has 1 aliphatic rings. The molecule has 0 saturated heterocycles. The number of nitrogens with zero attached hydrogens (tertiary/aromatic N) is 3. The van der Waals surface area contributed by atoms with Crippen molar-refractivity contribution in [3.63, 3.8) is 0 Å². The minimum Gasteiger partial charge on any atom is -0.497 e. The predicted molar refractivity (Wildman–Crippen MR) is 162 cm³/mol. The fraction of sp³-hybridized carbons (Fsp3) is 0.355. The highest BCUT2D eigenvalue weighted by Crippen LogP contribution is 2.34. The zero-order valence-corrected chi connectivity index (χ0v) is 23.6. The summed E-state index contributed by atoms with van der Waals surface area (Å²) >= 11 is 6.39. The van der Waals surface area contributed by atoms with Gasteiger partial charge in [0.2, 0.25) is 0 Å². The van der Waals surface area contributed by atoms with Crippen molar-refractivity contribution >= 4 is 34.3 Å². The number of aromatic nitrogens is 2. The predicted octanol–water partition coefficient (Wildman–Crippen LogP) is 6.73. The molecule has 1 fully saturated rings. The lowest BCUT2D eigenvalue weighted by Crippen LogP contribution is -2.37. The topological polar surface area (TPSA) is 89.0 Å². The molecular formula is C31H37ClN6O. The van der Waals surface area contributed by atoms with Crippen molar-refractivity contribution in [3.8, 4) is 16.9 Å². The second-order valence-corrected chi connectivity index (χ2v) is 10.7. The maximum Gasteiger partial charge on any atom is 0.135 e. The molecule has 2 heterocycles. The fourth-order valence-corrected chi connectivity index (χ4v) is 5.54. The van der Waals surface area contributed by atoms with Crippen LogP contribution in [0.5, 0.6) is 5.75 Å². The Morgan fingerprint density at radius 2 is 1.90 bits per heavy atom. The summed E-state index contributed by atoms with van der Waals surface area (Å²) in [6.45, 7) is 5.38. The van der Waals surface area contributed by atoms with Gasteiger partial charge in [0.1, 0.15) is 11.6 Å². The summed E-state index contributed by atoms with van der Waals surface area (Å²) in [7, 11) is 1.69. The van der Waals surface area contributed by atoms with E-state index in [1.807, 2.05) is 34.8 Å². The van der Waals surface area contributed by atoms with Crippen LogP contribution in [0.3, 0.4) is 0 Å². The third kappa shape index (κ3) is 6.05. The maximum atomic E-state index is 6.62. The SMILES string of the molecule is CCCN[C@H]1CC[C@H](Nc2c(/C(N)=N/c3ccccc3Cl)cnn3cc(-c4ccc(OC)cc4C)cc23)CC1. The molecule has 2 aromatic carbocycles. The Labute approximate surface area is 235 Å². The Bertz CT molecular complexity index is 1470. The molecule has 1 saturated carbocycles. The number of halogens is 1. The Morgan fingerprint density at radius 1 is 1.13 bits per heavy atom. The van der Waals surface area contributed by atoms with Crippen molar-refractivity contribution in [2.24, 2.45) is 10.7 Å². The molecule has 4 aromatic rings. The van der Waals surface area contributed by atoms with E-state index in [1.165, 1.54) is 0 Å². The van der Waals surface area contributed by atoms with Crippen molar-refractivity contribution < 1.29 is 4.74 Å². The van der Waals surface area contributed by atoms with E-state index < -0.39 is 0 Å². The summed E-state index contributed by atoms with van der Waals surface area (Å²) in [5.74, 6) is 1.22. The summed E-state index contributed by atoms with van der Waals surface area (Å²) in [4.78, 5) is 4.68. The molecule has 4 N–H and O–H groups in total. The number of nitrogens with one attached hydrogen (secondary N) is 2. The van der Waals surface area contributed by atoms with Gasteiger partial charge in [0, 0.05) is 23.8 Å². The molecule has 39 heavy (non-hydrogen) atoms. The first kappa shape index (κ1) is 27.0. The number of amidine groups is 1. The van der Waals surface area contributed by atoms with Crippen molar-refractivity contribution in [3.05, 3.63) is 77.1 Å². The first-order valence-corrected chi connectivity index (χ1v) is 14.1. The van der Waals surface area contributed by atoms with Gasteiger partial charge in [0.05, 0.1) is 40.8 Å². The van der Waals surface area contributed by atoms with Crippen LogP contribution in [0.4, 0.5) is 11.4 Å². The van der Waals surface area contributed by atoms with Gasteiger partial charge in [0.15, 0.2) is 0 Å². The Kier molecular flexibility index (Phi) is 8.38. The lowest BCUT2D eigenvalue weighted by molar-refractivity contribution is 0.355. The minimum absolute atomic E-state index is 0.337. The maximum absolute atomic E-state index is 6.62. The molecule has 0 bridgehead atoms. The molecule has 0 unspecified atom stereocenters. The van der Waals surface area contributed by atoms with Crippen LogP contribution in [0.15, 0.2) is 65.9 Å². The molecule has 0 atom stereocenters. The van der Waals surface area contributed by atoms with Crippen LogP contribution in [0.2, 0.25) is 5.02 Å². The van der Waals surface area contributed by atoms with Crippen LogP contribution in [-0.2, 0) is 0 Å². The van der Waals surface area contributed by atoms with Crippen molar-refractivity contribution in [1.82, 2.24) is 14.9 Å². The molecule has 8 heteroatoms. The third-order valence-corrected chi connectivity index (χ3v) is 7.83. The molecule has 0 radical (unpaired) electrons. The van der Waals surface area contributed by atoms with Crippen molar-refractivity contribution in [1.29, 1.82) is 0 Å². The second-order valence-electron chi connectivity index (χ2n) is 10.3. The van der Waals surface area contributed by atoms with Gasteiger partial charge in [-0.15, -0.1) is 0 Å². The number of benzene rings is 2. The van der Waals surface area contributed by atoms with Gasteiger partial charge in [-0.1, -0.05) is 36.7 Å². The molecule has 7 nitrogen and oxygen atoms in total. The van der Waals surface area contributed by atoms with Gasteiger partial charge in [0.25, 0.3) is 0 Å². The number of hydrogen-bond acceptors (Lipinski definition) is 5. The van der Waals surface area contributed by atoms with E-state index in [0.29, 0.717) is 28.6 Å². The van der Waals surface area contributed by atoms with E-state index in [4.69, 9.17) is 27.2 Å². The lowest BCUT2D eigenvalue weighted by Gasteiger charge is -2.31. The van der Waals surface area contributed by atoms with Crippen LogP contribution in [0.25, 0.3) is 16.6 Å². The summed E-state index contributed by atoms with van der Waals surface area (Å²) in [6.07, 6.45) is 9.48. The van der Waals surface area contributed by atoms with E-state index >= 15 is 0 Å². The molecule has 1 aliphatic carbocycles. The number of fused-ring (bicyclic) bond motifs is 1. The largest absolute Gasteiger partial charge is 0.497 e. The van der Waals surface area contributed by atoms with E-state index in [2.05, 4.69) is 53.9 Å². The zero-order valence-electron chi connectivity index (χ0n) is 22.9. The number of nitrogens with two attached hydrogens (primary N) is 1. The summed E-state index contributed by atoms with van der Waals surface area (Å²) in [6, 6.07) is 16.7. The van der Waals surface area contributed by atoms with Gasteiger partial charge in [-0.25, -0.2) is 9.51 Å². The van der Waals surface area contributed by atoms with Gasteiger partial charge in [-0.3, -0.25) is 0 Å². The number of anilines is 1. The average Bonchev–Trinajstić information content (AvgIpc) is 3.38. The van der Waals surface area contributed by atoms with Crippen LogP contribution in [0.1, 0.15) is 50.2 Å². The van der Waals surface area contributed by atoms with Crippen LogP contribution < -0.4 is 21.1 Å². The zero-order chi connectivity index (χ0) is 27.4. The highest BCUT2D eigenvalue weighted by atomic mass is 35.5. The molecule has 0 amide bonds. The van der Waals surface area contributed by atoms with E-state index in [1.54, 1.807) is 13.3 Å². The average molecular weight is 545 g/mol. The normalized spacial score (nSPS) is 17.9. The van der Waals surface area contributed by atoms with Gasteiger partial charge >= 0.3 is 0 Å². The monoisotopic (exact) mass is 544 g/mol. The number of aliphatic imine (C=N–C) groups is 1. The molecule has 2 aromatic heterocycles. The standard InChI is InChI=1S/C31H37ClN6O/c1-4-15-34-22-9-11-23(12-10-22)36-30-26(31(33)37-28-8-6-5-7-27(28)32)18-35-38-19-21(17-29(30)38)25-14-13-24(39-3)16-20(25)2/h5-8,13-14,16-19,22-23,34,36H,4,9-12,15H2,1-3H3,(H2,33,37)/t22-,23-. The molecular weight excluding hydrogens is 508 g/mol. The van der Waals surface area contributed by atoms with Crippen LogP contribution in [-0.4, -0.2) is 41.2 Å². The minimum atomic E-state index is 0.337. The number of hydrogen-bond donors (Lipinski definition) is 3. The van der Waals surface area contributed by atoms with Gasteiger partial charge in [-0.2, -0.15) is 5.10 Å². The molecule has 204 valence electrons. The first-order chi connectivity index (χ1) is 19.0. The first-order valence-electron chi connectivity index (χ1n) is 13.7. The summed E-state index contributed by atoms with van der Waals surface area (Å²) in [5, 5.41) is 12.8. The molecule has 0 aliphatic heterocycles. The third-order valence-electron chi connectivity index (χ3n) is 7.51. The molecule has 0 spiro atoms. The number of aryl methyl sites for hydroxylation is 1. The highest BCUT2D eigenvalue weighted by Gasteiger charge is 2.24. The Balaban J connectivity index is 1.53. The number of rotatable bonds is 9. The molecule has 5 rings (SSSR count). The van der Waals surface area contributed by atoms with Crippen LogP contribution in [0, 0.1) is 6.92 Å². The second kappa shape index (κ2) is 12.1. The Hall–Kier alpha value is -3.55. The number of methoxy groups -OCH3 is 1. The fourth-order valence-electron chi connectivity index (χ4n) is 5.36. The van der Waals surface area contributed by atoms with Gasteiger partial charge < -0.3 is 21.1 Å². The van der Waals surface area contributed by atoms with E-state index in [9.17, 15) is 0 Å².